The minimum absolute atomic E-state index is 0.0520. The summed E-state index contributed by atoms with van der Waals surface area (Å²) in [6.07, 6.45) is 0.708. The molecule has 3 rings (SSSR count). The summed E-state index contributed by atoms with van der Waals surface area (Å²) in [5.74, 6) is -0.0859. The largest absolute Gasteiger partial charge is 0.325 e. The first-order chi connectivity index (χ1) is 8.74. The first-order valence-electron chi connectivity index (χ1n) is 5.88. The van der Waals surface area contributed by atoms with Crippen LogP contribution in [0, 0.1) is 0 Å². The predicted octanol–water partition coefficient (Wildman–Crippen LogP) is 3.62. The van der Waals surface area contributed by atoms with E-state index in [1.54, 1.807) is 6.07 Å². The third-order valence-corrected chi connectivity index (χ3v) is 3.48. The van der Waals surface area contributed by atoms with Crippen molar-refractivity contribution in [1.29, 1.82) is 0 Å². The minimum atomic E-state index is -0.138. The SMILES string of the molecule is O=C1Nc2ccc(Cl)cc2[C@H]1Cc1ccccc1. The number of benzene rings is 2. The van der Waals surface area contributed by atoms with E-state index in [0.29, 0.717) is 11.4 Å². The van der Waals surface area contributed by atoms with Gasteiger partial charge in [-0.15, -0.1) is 0 Å². The molecular weight excluding hydrogens is 246 g/mol. The molecule has 0 spiro atoms. The number of nitrogens with one attached hydrogen (secondary N) is 1. The van der Waals surface area contributed by atoms with Gasteiger partial charge in [-0.25, -0.2) is 0 Å². The van der Waals surface area contributed by atoms with E-state index in [4.69, 9.17) is 11.6 Å². The van der Waals surface area contributed by atoms with Crippen LogP contribution in [0.5, 0.6) is 0 Å². The van der Waals surface area contributed by atoms with Gasteiger partial charge in [-0.05, 0) is 35.7 Å². The summed E-state index contributed by atoms with van der Waals surface area (Å²) < 4.78 is 0. The second-order valence-corrected chi connectivity index (χ2v) is 4.90. The van der Waals surface area contributed by atoms with Gasteiger partial charge in [0.2, 0.25) is 5.91 Å². The van der Waals surface area contributed by atoms with Crippen LogP contribution in [0.2, 0.25) is 5.02 Å². The van der Waals surface area contributed by atoms with E-state index >= 15 is 0 Å². The predicted molar refractivity (Wildman–Crippen MR) is 73.0 cm³/mol. The number of carbonyl (C=O) groups is 1. The van der Waals surface area contributed by atoms with E-state index in [1.165, 1.54) is 0 Å². The number of hydrogen-bond donors (Lipinski definition) is 1. The van der Waals surface area contributed by atoms with Gasteiger partial charge in [0.05, 0.1) is 5.92 Å². The Morgan fingerprint density at radius 2 is 1.89 bits per heavy atom. The van der Waals surface area contributed by atoms with Crippen molar-refractivity contribution in [2.75, 3.05) is 5.32 Å². The summed E-state index contributed by atoms with van der Waals surface area (Å²) in [4.78, 5) is 12.0. The fourth-order valence-electron chi connectivity index (χ4n) is 2.35. The first kappa shape index (κ1) is 11.3. The van der Waals surface area contributed by atoms with Gasteiger partial charge in [0, 0.05) is 10.7 Å². The zero-order valence-electron chi connectivity index (χ0n) is 9.69. The summed E-state index contributed by atoms with van der Waals surface area (Å²) in [7, 11) is 0. The van der Waals surface area contributed by atoms with E-state index in [9.17, 15) is 4.79 Å². The van der Waals surface area contributed by atoms with Gasteiger partial charge in [-0.1, -0.05) is 41.9 Å². The van der Waals surface area contributed by atoms with E-state index < -0.39 is 0 Å². The Hall–Kier alpha value is -1.80. The van der Waals surface area contributed by atoms with Crippen LogP contribution in [-0.4, -0.2) is 5.91 Å². The Kier molecular flexibility index (Phi) is 2.80. The molecule has 0 saturated heterocycles. The molecule has 0 bridgehead atoms. The lowest BCUT2D eigenvalue weighted by Gasteiger charge is -2.08. The van der Waals surface area contributed by atoms with Gasteiger partial charge in [-0.2, -0.15) is 0 Å². The molecule has 0 aromatic heterocycles. The maximum absolute atomic E-state index is 12.0. The molecule has 1 aliphatic heterocycles. The molecule has 1 heterocycles. The molecule has 2 aromatic carbocycles. The quantitative estimate of drug-likeness (QED) is 0.875. The molecule has 2 nitrogen and oxygen atoms in total. The lowest BCUT2D eigenvalue weighted by Crippen LogP contribution is -2.14. The molecule has 1 atom stereocenters. The first-order valence-corrected chi connectivity index (χ1v) is 6.26. The third kappa shape index (κ3) is 2.00. The van der Waals surface area contributed by atoms with E-state index in [2.05, 4.69) is 5.32 Å². The number of halogens is 1. The highest BCUT2D eigenvalue weighted by atomic mass is 35.5. The van der Waals surface area contributed by atoms with Gasteiger partial charge in [0.25, 0.3) is 0 Å². The Bertz CT molecular complexity index is 595. The third-order valence-electron chi connectivity index (χ3n) is 3.25. The summed E-state index contributed by atoms with van der Waals surface area (Å²) in [6, 6.07) is 15.6. The van der Waals surface area contributed by atoms with Gasteiger partial charge < -0.3 is 5.32 Å². The lowest BCUT2D eigenvalue weighted by atomic mass is 9.93. The fraction of sp³-hybridized carbons (Fsp3) is 0.133. The monoisotopic (exact) mass is 257 g/mol. The van der Waals surface area contributed by atoms with Gasteiger partial charge >= 0.3 is 0 Å². The van der Waals surface area contributed by atoms with Crippen LogP contribution in [0.25, 0.3) is 0 Å². The molecule has 90 valence electrons. The maximum atomic E-state index is 12.0. The molecular formula is C15H12ClNO. The number of hydrogen-bond acceptors (Lipinski definition) is 1. The lowest BCUT2D eigenvalue weighted by molar-refractivity contribution is -0.117. The Labute approximate surface area is 111 Å². The average Bonchev–Trinajstić information content (AvgIpc) is 2.67. The normalized spacial score (nSPS) is 17.4. The van der Waals surface area contributed by atoms with Crippen LogP contribution in [0.3, 0.4) is 0 Å². The number of carbonyl (C=O) groups excluding carboxylic acids is 1. The van der Waals surface area contributed by atoms with Crippen molar-refractivity contribution < 1.29 is 4.79 Å². The zero-order chi connectivity index (χ0) is 12.5. The highest BCUT2D eigenvalue weighted by Crippen LogP contribution is 2.36. The topological polar surface area (TPSA) is 29.1 Å². The molecule has 1 amide bonds. The second kappa shape index (κ2) is 4.46. The van der Waals surface area contributed by atoms with Crippen LogP contribution in [-0.2, 0) is 11.2 Å². The maximum Gasteiger partial charge on any atom is 0.232 e. The van der Waals surface area contributed by atoms with Crippen LogP contribution >= 0.6 is 11.6 Å². The summed E-state index contributed by atoms with van der Waals surface area (Å²) in [6.45, 7) is 0. The Morgan fingerprint density at radius 1 is 1.11 bits per heavy atom. The van der Waals surface area contributed by atoms with Crippen molar-refractivity contribution in [3.8, 4) is 0 Å². The van der Waals surface area contributed by atoms with E-state index in [-0.39, 0.29) is 11.8 Å². The summed E-state index contributed by atoms with van der Waals surface area (Å²) in [5.41, 5.74) is 3.03. The molecule has 0 unspecified atom stereocenters. The van der Waals surface area contributed by atoms with Crippen LogP contribution < -0.4 is 5.32 Å². The molecule has 0 radical (unpaired) electrons. The van der Waals surface area contributed by atoms with Gasteiger partial charge in [0.1, 0.15) is 0 Å². The van der Waals surface area contributed by atoms with Crippen molar-refractivity contribution in [3.63, 3.8) is 0 Å². The highest BCUT2D eigenvalue weighted by molar-refractivity contribution is 6.31. The molecule has 1 N–H and O–H groups in total. The molecule has 0 aliphatic carbocycles. The molecule has 3 heteroatoms. The van der Waals surface area contributed by atoms with Crippen LogP contribution in [0.1, 0.15) is 17.0 Å². The molecule has 18 heavy (non-hydrogen) atoms. The highest BCUT2D eigenvalue weighted by Gasteiger charge is 2.30. The van der Waals surface area contributed by atoms with Gasteiger partial charge in [-0.3, -0.25) is 4.79 Å². The van der Waals surface area contributed by atoms with E-state index in [0.717, 1.165) is 16.8 Å². The number of amides is 1. The van der Waals surface area contributed by atoms with Crippen molar-refractivity contribution >= 4 is 23.2 Å². The Morgan fingerprint density at radius 3 is 2.67 bits per heavy atom. The second-order valence-electron chi connectivity index (χ2n) is 4.46. The van der Waals surface area contributed by atoms with Gasteiger partial charge in [0.15, 0.2) is 0 Å². The molecule has 0 fully saturated rings. The average molecular weight is 258 g/mol. The molecule has 0 saturated carbocycles. The van der Waals surface area contributed by atoms with E-state index in [1.807, 2.05) is 42.5 Å². The Balaban J connectivity index is 1.94. The van der Waals surface area contributed by atoms with Crippen LogP contribution in [0.15, 0.2) is 48.5 Å². The minimum Gasteiger partial charge on any atom is -0.325 e. The van der Waals surface area contributed by atoms with Crippen molar-refractivity contribution in [3.05, 3.63) is 64.7 Å². The fourth-order valence-corrected chi connectivity index (χ4v) is 2.53. The molecule has 2 aromatic rings. The summed E-state index contributed by atoms with van der Waals surface area (Å²) in [5, 5.41) is 3.57. The van der Waals surface area contributed by atoms with Crippen molar-refractivity contribution in [2.45, 2.75) is 12.3 Å². The molecule has 1 aliphatic rings. The standard InChI is InChI=1S/C15H12ClNO/c16-11-6-7-14-12(9-11)13(15(18)17-14)8-10-4-2-1-3-5-10/h1-7,9,13H,8H2,(H,17,18)/t13-/m1/s1. The number of fused-ring (bicyclic) bond motifs is 1. The zero-order valence-corrected chi connectivity index (χ0v) is 10.4. The van der Waals surface area contributed by atoms with Crippen molar-refractivity contribution in [2.24, 2.45) is 0 Å². The smallest absolute Gasteiger partial charge is 0.232 e. The summed E-state index contributed by atoms with van der Waals surface area (Å²) >= 11 is 6.00. The van der Waals surface area contributed by atoms with Crippen molar-refractivity contribution in [1.82, 2.24) is 0 Å². The number of anilines is 1. The number of rotatable bonds is 2. The van der Waals surface area contributed by atoms with Crippen LogP contribution in [0.4, 0.5) is 5.69 Å².